The lowest BCUT2D eigenvalue weighted by molar-refractivity contribution is 0.116. The molecule has 0 radical (unpaired) electrons. The molecule has 0 aliphatic heterocycles. The summed E-state index contributed by atoms with van der Waals surface area (Å²) in [6.45, 7) is 8.13. The third-order valence-corrected chi connectivity index (χ3v) is 3.07. The van der Waals surface area contributed by atoms with Gasteiger partial charge in [0.15, 0.2) is 0 Å². The minimum absolute atomic E-state index is 0.466. The zero-order valence-corrected chi connectivity index (χ0v) is 11.0. The Morgan fingerprint density at radius 2 is 2.06 bits per heavy atom. The first-order valence-corrected chi connectivity index (χ1v) is 6.54. The molecule has 0 bridgehead atoms. The van der Waals surface area contributed by atoms with Crippen molar-refractivity contribution in [1.29, 1.82) is 0 Å². The van der Waals surface area contributed by atoms with Gasteiger partial charge in [-0.1, -0.05) is 13.8 Å². The molecule has 0 saturated heterocycles. The molecule has 1 unspecified atom stereocenters. The van der Waals surface area contributed by atoms with E-state index in [0.29, 0.717) is 12.0 Å². The van der Waals surface area contributed by atoms with Crippen molar-refractivity contribution in [2.24, 2.45) is 11.8 Å². The molecular formula is C13H27NO2. The van der Waals surface area contributed by atoms with Gasteiger partial charge in [0.25, 0.3) is 0 Å². The Balaban J connectivity index is 1.90. The topological polar surface area (TPSA) is 30.5 Å². The van der Waals surface area contributed by atoms with Crippen LogP contribution in [0.5, 0.6) is 0 Å². The van der Waals surface area contributed by atoms with Gasteiger partial charge in [-0.2, -0.15) is 0 Å². The first-order chi connectivity index (χ1) is 7.74. The first-order valence-electron chi connectivity index (χ1n) is 6.54. The van der Waals surface area contributed by atoms with Crippen LogP contribution in [-0.4, -0.2) is 39.5 Å². The predicted octanol–water partition coefficient (Wildman–Crippen LogP) is 2.06. The number of methoxy groups -OCH3 is 1. The summed E-state index contributed by atoms with van der Waals surface area (Å²) >= 11 is 0. The Hall–Kier alpha value is -0.120. The van der Waals surface area contributed by atoms with Crippen LogP contribution in [0.1, 0.15) is 33.1 Å². The van der Waals surface area contributed by atoms with E-state index in [2.05, 4.69) is 19.2 Å². The van der Waals surface area contributed by atoms with Gasteiger partial charge in [-0.3, -0.25) is 0 Å². The van der Waals surface area contributed by atoms with Crippen molar-refractivity contribution in [3.05, 3.63) is 0 Å². The van der Waals surface area contributed by atoms with Gasteiger partial charge in [0.1, 0.15) is 0 Å². The van der Waals surface area contributed by atoms with E-state index < -0.39 is 0 Å². The summed E-state index contributed by atoms with van der Waals surface area (Å²) < 4.78 is 10.8. The molecule has 1 aliphatic carbocycles. The highest BCUT2D eigenvalue weighted by Gasteiger charge is 2.20. The number of nitrogens with one attached hydrogen (secondary N) is 1. The third-order valence-electron chi connectivity index (χ3n) is 3.07. The molecule has 0 aromatic rings. The number of ether oxygens (including phenoxy) is 2. The van der Waals surface area contributed by atoms with Crippen LogP contribution in [0.25, 0.3) is 0 Å². The Kier molecular flexibility index (Phi) is 7.01. The van der Waals surface area contributed by atoms with Crippen molar-refractivity contribution in [3.8, 4) is 0 Å². The maximum absolute atomic E-state index is 5.59. The molecule has 0 aromatic heterocycles. The van der Waals surface area contributed by atoms with Gasteiger partial charge in [0, 0.05) is 26.4 Å². The lowest BCUT2D eigenvalue weighted by Gasteiger charge is -2.21. The summed E-state index contributed by atoms with van der Waals surface area (Å²) in [5.74, 6) is 1.50. The largest absolute Gasteiger partial charge is 0.383 e. The Labute approximate surface area is 99.9 Å². The highest BCUT2D eigenvalue weighted by Crippen LogP contribution is 2.28. The molecule has 16 heavy (non-hydrogen) atoms. The summed E-state index contributed by atoms with van der Waals surface area (Å²) in [5.41, 5.74) is 0. The van der Waals surface area contributed by atoms with Gasteiger partial charge >= 0.3 is 0 Å². The predicted molar refractivity (Wildman–Crippen MR) is 66.7 cm³/mol. The van der Waals surface area contributed by atoms with E-state index in [0.717, 1.165) is 38.7 Å². The zero-order valence-electron chi connectivity index (χ0n) is 11.0. The second-order valence-electron chi connectivity index (χ2n) is 5.13. The van der Waals surface area contributed by atoms with Crippen molar-refractivity contribution in [3.63, 3.8) is 0 Å². The van der Waals surface area contributed by atoms with Crippen LogP contribution in [0.3, 0.4) is 0 Å². The summed E-state index contributed by atoms with van der Waals surface area (Å²) in [6, 6.07) is 0.466. The maximum Gasteiger partial charge on any atom is 0.0618 e. The SMILES string of the molecule is COCC(NCCCOCC1CC1)C(C)C. The van der Waals surface area contributed by atoms with Crippen molar-refractivity contribution >= 4 is 0 Å². The van der Waals surface area contributed by atoms with E-state index in [1.165, 1.54) is 12.8 Å². The molecule has 1 N–H and O–H groups in total. The average molecular weight is 229 g/mol. The number of hydrogen-bond donors (Lipinski definition) is 1. The summed E-state index contributed by atoms with van der Waals surface area (Å²) in [4.78, 5) is 0. The van der Waals surface area contributed by atoms with E-state index in [1.807, 2.05) is 0 Å². The highest BCUT2D eigenvalue weighted by molar-refractivity contribution is 4.72. The summed E-state index contributed by atoms with van der Waals surface area (Å²) in [6.07, 6.45) is 3.85. The standard InChI is InChI=1S/C13H27NO2/c1-11(2)13(10-15-3)14-7-4-8-16-9-12-5-6-12/h11-14H,4-10H2,1-3H3. The summed E-state index contributed by atoms with van der Waals surface area (Å²) in [7, 11) is 1.76. The van der Waals surface area contributed by atoms with E-state index in [-0.39, 0.29) is 0 Å². The van der Waals surface area contributed by atoms with Gasteiger partial charge in [-0.15, -0.1) is 0 Å². The number of rotatable bonds is 10. The van der Waals surface area contributed by atoms with E-state index in [9.17, 15) is 0 Å². The van der Waals surface area contributed by atoms with Crippen molar-refractivity contribution < 1.29 is 9.47 Å². The van der Waals surface area contributed by atoms with Crippen LogP contribution < -0.4 is 5.32 Å². The molecule has 1 aliphatic rings. The second kappa shape index (κ2) is 8.04. The second-order valence-corrected chi connectivity index (χ2v) is 5.13. The molecule has 1 rings (SSSR count). The van der Waals surface area contributed by atoms with Gasteiger partial charge in [0.2, 0.25) is 0 Å². The summed E-state index contributed by atoms with van der Waals surface area (Å²) in [5, 5.41) is 3.52. The Morgan fingerprint density at radius 3 is 2.62 bits per heavy atom. The molecule has 96 valence electrons. The van der Waals surface area contributed by atoms with Gasteiger partial charge in [-0.25, -0.2) is 0 Å². The lowest BCUT2D eigenvalue weighted by Crippen LogP contribution is -2.38. The fraction of sp³-hybridized carbons (Fsp3) is 1.00. The molecule has 1 saturated carbocycles. The zero-order chi connectivity index (χ0) is 11.8. The normalized spacial score (nSPS) is 18.0. The Morgan fingerprint density at radius 1 is 1.31 bits per heavy atom. The highest BCUT2D eigenvalue weighted by atomic mass is 16.5. The molecule has 1 atom stereocenters. The first kappa shape index (κ1) is 13.9. The monoisotopic (exact) mass is 229 g/mol. The maximum atomic E-state index is 5.59. The van der Waals surface area contributed by atoms with Gasteiger partial charge in [0.05, 0.1) is 6.61 Å². The molecule has 0 heterocycles. The van der Waals surface area contributed by atoms with Crippen molar-refractivity contribution in [2.45, 2.75) is 39.2 Å². The van der Waals surface area contributed by atoms with Crippen LogP contribution in [0.2, 0.25) is 0 Å². The van der Waals surface area contributed by atoms with Crippen LogP contribution in [0.15, 0.2) is 0 Å². The third kappa shape index (κ3) is 6.46. The fourth-order valence-electron chi connectivity index (χ4n) is 1.66. The van der Waals surface area contributed by atoms with Gasteiger partial charge < -0.3 is 14.8 Å². The smallest absolute Gasteiger partial charge is 0.0618 e. The molecule has 3 nitrogen and oxygen atoms in total. The fourth-order valence-corrected chi connectivity index (χ4v) is 1.66. The quantitative estimate of drug-likeness (QED) is 0.582. The van der Waals surface area contributed by atoms with Crippen molar-refractivity contribution in [2.75, 3.05) is 33.5 Å². The lowest BCUT2D eigenvalue weighted by atomic mass is 10.1. The molecule has 0 amide bonds. The minimum Gasteiger partial charge on any atom is -0.383 e. The van der Waals surface area contributed by atoms with E-state index >= 15 is 0 Å². The number of hydrogen-bond acceptors (Lipinski definition) is 3. The van der Waals surface area contributed by atoms with Crippen molar-refractivity contribution in [1.82, 2.24) is 5.32 Å². The average Bonchev–Trinajstić information content (AvgIpc) is 3.05. The van der Waals surface area contributed by atoms with Crippen LogP contribution >= 0.6 is 0 Å². The van der Waals surface area contributed by atoms with E-state index in [1.54, 1.807) is 7.11 Å². The molecular weight excluding hydrogens is 202 g/mol. The molecule has 1 fully saturated rings. The van der Waals surface area contributed by atoms with Crippen LogP contribution in [0.4, 0.5) is 0 Å². The van der Waals surface area contributed by atoms with Gasteiger partial charge in [-0.05, 0) is 37.6 Å². The van der Waals surface area contributed by atoms with E-state index in [4.69, 9.17) is 9.47 Å². The molecule has 0 aromatic carbocycles. The Bertz CT molecular complexity index is 169. The van der Waals surface area contributed by atoms with Crippen LogP contribution in [-0.2, 0) is 9.47 Å². The molecule has 3 heteroatoms. The van der Waals surface area contributed by atoms with Crippen LogP contribution in [0, 0.1) is 11.8 Å². The molecule has 0 spiro atoms. The minimum atomic E-state index is 0.466.